The summed E-state index contributed by atoms with van der Waals surface area (Å²) in [7, 11) is 0. The van der Waals surface area contributed by atoms with Crippen LogP contribution in [0.15, 0.2) is 4.99 Å². The van der Waals surface area contributed by atoms with Crippen molar-refractivity contribution >= 4 is 11.9 Å². The molecule has 0 spiro atoms. The lowest BCUT2D eigenvalue weighted by Crippen LogP contribution is -2.40. The standard InChI is InChI=1S/C18H34N4O2/c1-2-19-18(21-15-17(23)22-12-7-8-13-22)20-11-14-24-16-9-5-3-4-6-10-16/h16H,2-15H2,1H3,(H2,19,20,21). The molecule has 0 unspecified atom stereocenters. The van der Waals surface area contributed by atoms with Gasteiger partial charge in [-0.1, -0.05) is 25.7 Å². The number of carbonyl (C=O) groups excluding carboxylic acids is 1. The van der Waals surface area contributed by atoms with Gasteiger partial charge in [-0.15, -0.1) is 0 Å². The first-order chi connectivity index (χ1) is 11.8. The lowest BCUT2D eigenvalue weighted by molar-refractivity contribution is -0.128. The van der Waals surface area contributed by atoms with E-state index >= 15 is 0 Å². The summed E-state index contributed by atoms with van der Waals surface area (Å²) in [5.41, 5.74) is 0. The molecule has 6 nitrogen and oxygen atoms in total. The molecule has 1 saturated carbocycles. The third kappa shape index (κ3) is 7.07. The van der Waals surface area contributed by atoms with Crippen molar-refractivity contribution in [1.29, 1.82) is 0 Å². The molecule has 2 fully saturated rings. The maximum Gasteiger partial charge on any atom is 0.244 e. The minimum absolute atomic E-state index is 0.124. The van der Waals surface area contributed by atoms with E-state index < -0.39 is 0 Å². The SMILES string of the molecule is CCNC(=NCC(=O)N1CCCC1)NCCOC1CCCCCC1. The second-order valence-electron chi connectivity index (χ2n) is 6.69. The van der Waals surface area contributed by atoms with Crippen LogP contribution < -0.4 is 10.6 Å². The zero-order chi connectivity index (χ0) is 17.0. The minimum Gasteiger partial charge on any atom is -0.376 e. The molecular formula is C18H34N4O2. The summed E-state index contributed by atoms with van der Waals surface area (Å²) < 4.78 is 5.98. The van der Waals surface area contributed by atoms with Crippen LogP contribution in [0.5, 0.6) is 0 Å². The first kappa shape index (κ1) is 19.0. The van der Waals surface area contributed by atoms with Crippen LogP contribution in [0.2, 0.25) is 0 Å². The number of ether oxygens (including phenoxy) is 1. The second kappa shape index (κ2) is 11.3. The summed E-state index contributed by atoms with van der Waals surface area (Å²) in [6.07, 6.45) is 10.3. The average molecular weight is 338 g/mol. The molecule has 1 amide bonds. The Morgan fingerprint density at radius 1 is 1.08 bits per heavy atom. The quantitative estimate of drug-likeness (QED) is 0.322. The lowest BCUT2D eigenvalue weighted by Gasteiger charge is -2.17. The predicted molar refractivity (Wildman–Crippen MR) is 97.2 cm³/mol. The van der Waals surface area contributed by atoms with Crippen molar-refractivity contribution in [3.63, 3.8) is 0 Å². The van der Waals surface area contributed by atoms with Gasteiger partial charge >= 0.3 is 0 Å². The smallest absolute Gasteiger partial charge is 0.244 e. The number of hydrogen-bond acceptors (Lipinski definition) is 3. The van der Waals surface area contributed by atoms with Crippen molar-refractivity contribution in [3.05, 3.63) is 0 Å². The molecule has 0 bridgehead atoms. The van der Waals surface area contributed by atoms with Gasteiger partial charge in [0.05, 0.1) is 12.7 Å². The van der Waals surface area contributed by atoms with E-state index in [9.17, 15) is 4.79 Å². The van der Waals surface area contributed by atoms with Crippen LogP contribution in [0.1, 0.15) is 58.3 Å². The van der Waals surface area contributed by atoms with Gasteiger partial charge in [-0.25, -0.2) is 4.99 Å². The summed E-state index contributed by atoms with van der Waals surface area (Å²) in [4.78, 5) is 18.4. The number of hydrogen-bond donors (Lipinski definition) is 2. The third-order valence-corrected chi connectivity index (χ3v) is 4.73. The number of amides is 1. The zero-order valence-corrected chi connectivity index (χ0v) is 15.2. The van der Waals surface area contributed by atoms with Crippen LogP contribution in [-0.2, 0) is 9.53 Å². The van der Waals surface area contributed by atoms with Crippen molar-refractivity contribution in [2.75, 3.05) is 39.3 Å². The van der Waals surface area contributed by atoms with Crippen LogP contribution in [0.4, 0.5) is 0 Å². The van der Waals surface area contributed by atoms with Gasteiger partial charge in [-0.2, -0.15) is 0 Å². The van der Waals surface area contributed by atoms with Gasteiger partial charge in [0.2, 0.25) is 5.91 Å². The van der Waals surface area contributed by atoms with E-state index in [1.807, 2.05) is 11.8 Å². The summed E-state index contributed by atoms with van der Waals surface area (Å²) in [5.74, 6) is 0.828. The Labute approximate surface area is 146 Å². The molecule has 24 heavy (non-hydrogen) atoms. The fourth-order valence-corrected chi connectivity index (χ4v) is 3.36. The first-order valence-electron chi connectivity index (χ1n) is 9.71. The number of likely N-dealkylation sites (tertiary alicyclic amines) is 1. The number of nitrogens with one attached hydrogen (secondary N) is 2. The molecule has 1 aliphatic heterocycles. The zero-order valence-electron chi connectivity index (χ0n) is 15.2. The number of rotatable bonds is 7. The van der Waals surface area contributed by atoms with Crippen molar-refractivity contribution in [1.82, 2.24) is 15.5 Å². The topological polar surface area (TPSA) is 66.0 Å². The highest BCUT2D eigenvalue weighted by Crippen LogP contribution is 2.19. The highest BCUT2D eigenvalue weighted by Gasteiger charge is 2.17. The Morgan fingerprint density at radius 3 is 2.46 bits per heavy atom. The van der Waals surface area contributed by atoms with Gasteiger partial charge < -0.3 is 20.3 Å². The molecule has 0 atom stereocenters. The molecule has 1 aliphatic carbocycles. The number of nitrogens with zero attached hydrogens (tertiary/aromatic N) is 2. The summed E-state index contributed by atoms with van der Waals surface area (Å²) >= 11 is 0. The molecule has 0 aromatic rings. The molecule has 1 heterocycles. The van der Waals surface area contributed by atoms with Crippen molar-refractivity contribution in [2.45, 2.75) is 64.4 Å². The Balaban J connectivity index is 1.65. The molecule has 1 saturated heterocycles. The van der Waals surface area contributed by atoms with Gasteiger partial charge in [0.25, 0.3) is 0 Å². The van der Waals surface area contributed by atoms with E-state index in [-0.39, 0.29) is 12.5 Å². The molecule has 2 N–H and O–H groups in total. The van der Waals surface area contributed by atoms with Gasteiger partial charge in [-0.3, -0.25) is 4.79 Å². The molecular weight excluding hydrogens is 304 g/mol. The number of carbonyl (C=O) groups is 1. The van der Waals surface area contributed by atoms with E-state index in [1.165, 1.54) is 38.5 Å². The van der Waals surface area contributed by atoms with Gasteiger partial charge in [-0.05, 0) is 32.6 Å². The van der Waals surface area contributed by atoms with Crippen LogP contribution in [0.3, 0.4) is 0 Å². The van der Waals surface area contributed by atoms with Crippen molar-refractivity contribution in [3.8, 4) is 0 Å². The molecule has 6 heteroatoms. The molecule has 0 aromatic heterocycles. The Bertz CT molecular complexity index is 386. The monoisotopic (exact) mass is 338 g/mol. The van der Waals surface area contributed by atoms with E-state index in [1.54, 1.807) is 0 Å². The average Bonchev–Trinajstić information content (AvgIpc) is 3.01. The molecule has 138 valence electrons. The van der Waals surface area contributed by atoms with E-state index in [0.29, 0.717) is 18.7 Å². The maximum atomic E-state index is 12.1. The highest BCUT2D eigenvalue weighted by molar-refractivity contribution is 5.85. The van der Waals surface area contributed by atoms with Crippen LogP contribution in [0.25, 0.3) is 0 Å². The number of guanidine groups is 1. The van der Waals surface area contributed by atoms with Crippen LogP contribution in [-0.4, -0.2) is 62.2 Å². The molecule has 2 rings (SSSR count). The van der Waals surface area contributed by atoms with Gasteiger partial charge in [0.15, 0.2) is 5.96 Å². The van der Waals surface area contributed by atoms with Crippen molar-refractivity contribution in [2.24, 2.45) is 4.99 Å². The molecule has 0 aromatic carbocycles. The Kier molecular flexibility index (Phi) is 8.95. The van der Waals surface area contributed by atoms with Crippen molar-refractivity contribution < 1.29 is 9.53 Å². The fourth-order valence-electron chi connectivity index (χ4n) is 3.36. The van der Waals surface area contributed by atoms with E-state index in [4.69, 9.17) is 4.74 Å². The van der Waals surface area contributed by atoms with Gasteiger partial charge in [0, 0.05) is 26.2 Å². The highest BCUT2D eigenvalue weighted by atomic mass is 16.5. The van der Waals surface area contributed by atoms with Gasteiger partial charge in [0.1, 0.15) is 6.54 Å². The summed E-state index contributed by atoms with van der Waals surface area (Å²) in [6, 6.07) is 0. The molecule has 2 aliphatic rings. The lowest BCUT2D eigenvalue weighted by atomic mass is 10.1. The van der Waals surface area contributed by atoms with Crippen LogP contribution in [0, 0.1) is 0 Å². The first-order valence-corrected chi connectivity index (χ1v) is 9.71. The second-order valence-corrected chi connectivity index (χ2v) is 6.69. The Morgan fingerprint density at radius 2 is 1.79 bits per heavy atom. The summed E-state index contributed by atoms with van der Waals surface area (Å²) in [6.45, 7) is 6.21. The summed E-state index contributed by atoms with van der Waals surface area (Å²) in [5, 5.41) is 6.45. The third-order valence-electron chi connectivity index (χ3n) is 4.73. The Hall–Kier alpha value is -1.30. The van der Waals surface area contributed by atoms with E-state index in [2.05, 4.69) is 15.6 Å². The largest absolute Gasteiger partial charge is 0.376 e. The fraction of sp³-hybridized carbons (Fsp3) is 0.889. The van der Waals surface area contributed by atoms with E-state index in [0.717, 1.165) is 39.0 Å². The maximum absolute atomic E-state index is 12.1. The minimum atomic E-state index is 0.124. The van der Waals surface area contributed by atoms with Crippen LogP contribution >= 0.6 is 0 Å². The predicted octanol–water partition coefficient (Wildman–Crippen LogP) is 1.90. The molecule has 0 radical (unpaired) electrons. The normalized spacial score (nSPS) is 20.0. The number of aliphatic imine (C=N–C) groups is 1.